The molecule has 1 aliphatic rings. The minimum absolute atomic E-state index is 0.0599. The normalized spacial score (nSPS) is 16.4. The first-order valence-electron chi connectivity index (χ1n) is 10.1. The Bertz CT molecular complexity index is 1340. The number of hydrogen-bond acceptors (Lipinski definition) is 5. The molecule has 5 nitrogen and oxygen atoms in total. The van der Waals surface area contributed by atoms with Gasteiger partial charge in [-0.15, -0.1) is 12.6 Å². The number of nitrogens with one attached hydrogen (secondary N) is 1. The predicted octanol–water partition coefficient (Wildman–Crippen LogP) is 6.48. The molecule has 0 spiro atoms. The van der Waals surface area contributed by atoms with Crippen LogP contribution in [-0.2, 0) is 17.4 Å². The first-order valence-corrected chi connectivity index (χ1v) is 11.0. The Labute approximate surface area is 203 Å². The molecule has 4 rings (SSSR count). The van der Waals surface area contributed by atoms with Gasteiger partial charge in [-0.25, -0.2) is 0 Å². The van der Waals surface area contributed by atoms with Crippen molar-refractivity contribution in [3.63, 3.8) is 0 Å². The van der Waals surface area contributed by atoms with E-state index in [0.29, 0.717) is 12.1 Å². The minimum Gasteiger partial charge on any atom is -0.457 e. The number of anilines is 1. The maximum atomic E-state index is 13.2. The van der Waals surface area contributed by atoms with E-state index in [1.54, 1.807) is 4.90 Å². The van der Waals surface area contributed by atoms with Gasteiger partial charge in [0.15, 0.2) is 6.17 Å². The Morgan fingerprint density at radius 2 is 1.94 bits per heavy atom. The first kappa shape index (κ1) is 23.8. The number of nitriles is 1. The van der Waals surface area contributed by atoms with E-state index >= 15 is 0 Å². The van der Waals surface area contributed by atoms with Gasteiger partial charge < -0.3 is 14.6 Å². The third-order valence-corrected chi connectivity index (χ3v) is 6.17. The lowest BCUT2D eigenvalue weighted by Gasteiger charge is -2.37. The lowest BCUT2D eigenvalue weighted by Crippen LogP contribution is -2.46. The summed E-state index contributed by atoms with van der Waals surface area (Å²) < 4.78 is 45.5. The fourth-order valence-electron chi connectivity index (χ4n) is 3.74. The number of furan rings is 1. The monoisotopic (exact) mass is 503 g/mol. The van der Waals surface area contributed by atoms with Crippen LogP contribution in [0.25, 0.3) is 11.3 Å². The van der Waals surface area contributed by atoms with E-state index in [4.69, 9.17) is 16.0 Å². The largest absolute Gasteiger partial charge is 0.457 e. The van der Waals surface area contributed by atoms with Gasteiger partial charge in [0.05, 0.1) is 15.6 Å². The van der Waals surface area contributed by atoms with Crippen LogP contribution in [0.15, 0.2) is 69.6 Å². The number of amides is 1. The average Bonchev–Trinajstić information content (AvgIpc) is 3.28. The molecule has 3 aromatic rings. The third kappa shape index (κ3) is 4.27. The van der Waals surface area contributed by atoms with Crippen molar-refractivity contribution in [2.75, 3.05) is 4.90 Å². The Hall–Kier alpha value is -3.35. The Kier molecular flexibility index (Phi) is 6.39. The van der Waals surface area contributed by atoms with Crippen molar-refractivity contribution in [2.24, 2.45) is 0 Å². The maximum Gasteiger partial charge on any atom is 0.416 e. The molecular formula is C24H17ClF3N3O2S. The van der Waals surface area contributed by atoms with Crippen LogP contribution < -0.4 is 10.2 Å². The summed E-state index contributed by atoms with van der Waals surface area (Å²) in [5, 5.41) is 12.4. The van der Waals surface area contributed by atoms with Crippen LogP contribution in [0.5, 0.6) is 0 Å². The van der Waals surface area contributed by atoms with E-state index < -0.39 is 23.8 Å². The summed E-state index contributed by atoms with van der Waals surface area (Å²) in [6, 6.07) is 15.2. The van der Waals surface area contributed by atoms with Gasteiger partial charge in [0.1, 0.15) is 23.2 Å². The van der Waals surface area contributed by atoms with E-state index in [-0.39, 0.29) is 32.7 Å². The highest BCUT2D eigenvalue weighted by molar-refractivity contribution is 7.84. The number of alkyl halides is 3. The van der Waals surface area contributed by atoms with Crippen molar-refractivity contribution in [3.05, 3.63) is 87.1 Å². The molecule has 1 aromatic heterocycles. The number of hydrogen-bond donors (Lipinski definition) is 2. The summed E-state index contributed by atoms with van der Waals surface area (Å²) in [6.07, 6.45) is -4.78. The molecule has 1 unspecified atom stereocenters. The number of nitrogens with zero attached hydrogens (tertiary/aromatic N) is 2. The highest BCUT2D eigenvalue weighted by Crippen LogP contribution is 2.41. The molecule has 1 N–H and O–H groups in total. The second-order valence-electron chi connectivity index (χ2n) is 7.43. The van der Waals surface area contributed by atoms with Crippen LogP contribution in [0.2, 0.25) is 5.02 Å². The summed E-state index contributed by atoms with van der Waals surface area (Å²) in [6.45, 7) is 1.96. The molecule has 0 aliphatic carbocycles. The second-order valence-corrected chi connectivity index (χ2v) is 8.26. The lowest BCUT2D eigenvalue weighted by atomic mass is 10.1. The SMILES string of the molecule is CCc1ccccc1N1C(S)=C(C#N)C(=O)NC1c1ccc(-c2cc(C(F)(F)F)ccc2Cl)o1. The van der Waals surface area contributed by atoms with Gasteiger partial charge in [-0.05, 0) is 48.4 Å². The summed E-state index contributed by atoms with van der Waals surface area (Å²) >= 11 is 10.6. The zero-order valence-corrected chi connectivity index (χ0v) is 19.3. The molecule has 174 valence electrons. The van der Waals surface area contributed by atoms with Gasteiger partial charge in [0.2, 0.25) is 0 Å². The van der Waals surface area contributed by atoms with E-state index in [9.17, 15) is 23.2 Å². The number of halogens is 4. The number of carbonyl (C=O) groups excluding carboxylic acids is 1. The molecule has 2 aromatic carbocycles. The number of para-hydroxylation sites is 1. The van der Waals surface area contributed by atoms with E-state index in [2.05, 4.69) is 17.9 Å². The molecule has 1 amide bonds. The highest BCUT2D eigenvalue weighted by Gasteiger charge is 2.37. The van der Waals surface area contributed by atoms with Gasteiger partial charge in [0, 0.05) is 11.3 Å². The maximum absolute atomic E-state index is 13.2. The van der Waals surface area contributed by atoms with Gasteiger partial charge >= 0.3 is 6.18 Å². The van der Waals surface area contributed by atoms with E-state index in [0.717, 1.165) is 23.8 Å². The van der Waals surface area contributed by atoms with E-state index in [1.807, 2.05) is 37.3 Å². The zero-order valence-electron chi connectivity index (χ0n) is 17.7. The summed E-state index contributed by atoms with van der Waals surface area (Å²) in [7, 11) is 0. The second kappa shape index (κ2) is 9.12. The molecule has 34 heavy (non-hydrogen) atoms. The Morgan fingerprint density at radius 3 is 2.62 bits per heavy atom. The molecule has 2 heterocycles. The van der Waals surface area contributed by atoms with Crippen LogP contribution in [0, 0.1) is 11.3 Å². The number of benzene rings is 2. The predicted molar refractivity (Wildman–Crippen MR) is 125 cm³/mol. The molecule has 1 aliphatic heterocycles. The van der Waals surface area contributed by atoms with Gasteiger partial charge in [0.25, 0.3) is 5.91 Å². The molecule has 0 saturated carbocycles. The fraction of sp³-hybridized carbons (Fsp3) is 0.167. The minimum atomic E-state index is -4.55. The van der Waals surface area contributed by atoms with Crippen LogP contribution in [-0.4, -0.2) is 5.91 Å². The molecule has 0 radical (unpaired) electrons. The van der Waals surface area contributed by atoms with E-state index in [1.165, 1.54) is 12.1 Å². The fourth-order valence-corrected chi connectivity index (χ4v) is 4.32. The summed E-state index contributed by atoms with van der Waals surface area (Å²) in [5.74, 6) is -0.316. The molecule has 0 saturated heterocycles. The van der Waals surface area contributed by atoms with Crippen molar-refractivity contribution in [1.82, 2.24) is 5.32 Å². The van der Waals surface area contributed by atoms with Crippen molar-refractivity contribution in [2.45, 2.75) is 25.7 Å². The lowest BCUT2D eigenvalue weighted by molar-refractivity contribution is -0.137. The molecular weight excluding hydrogens is 487 g/mol. The Balaban J connectivity index is 1.83. The Morgan fingerprint density at radius 1 is 1.21 bits per heavy atom. The molecule has 10 heteroatoms. The van der Waals surface area contributed by atoms with Crippen molar-refractivity contribution in [3.8, 4) is 17.4 Å². The van der Waals surface area contributed by atoms with Crippen LogP contribution in [0.4, 0.5) is 18.9 Å². The van der Waals surface area contributed by atoms with Gasteiger partial charge in [-0.2, -0.15) is 18.4 Å². The quantitative estimate of drug-likeness (QED) is 0.400. The third-order valence-electron chi connectivity index (χ3n) is 5.40. The molecule has 0 bridgehead atoms. The van der Waals surface area contributed by atoms with Gasteiger partial charge in [-0.3, -0.25) is 4.79 Å². The number of aryl methyl sites for hydroxylation is 1. The number of thiol groups is 1. The van der Waals surface area contributed by atoms with Crippen LogP contribution in [0.1, 0.15) is 30.0 Å². The first-order chi connectivity index (χ1) is 16.2. The van der Waals surface area contributed by atoms with Crippen LogP contribution in [0.3, 0.4) is 0 Å². The number of rotatable bonds is 4. The zero-order chi connectivity index (χ0) is 24.6. The molecule has 1 atom stereocenters. The summed E-state index contributed by atoms with van der Waals surface area (Å²) in [4.78, 5) is 14.2. The van der Waals surface area contributed by atoms with Gasteiger partial charge in [-0.1, -0.05) is 36.7 Å². The molecule has 0 fully saturated rings. The van der Waals surface area contributed by atoms with Crippen molar-refractivity contribution in [1.29, 1.82) is 5.26 Å². The van der Waals surface area contributed by atoms with Crippen molar-refractivity contribution < 1.29 is 22.4 Å². The van der Waals surface area contributed by atoms with Crippen molar-refractivity contribution >= 4 is 35.8 Å². The standard InChI is InChI=1S/C24H17ClF3N3O2S/c1-2-13-5-3-4-6-18(13)31-21(30-22(32)16(12-29)23(31)34)20-10-9-19(33-20)15-11-14(24(26,27)28)7-8-17(15)25/h3-11,21,34H,2H2,1H3,(H,30,32). The smallest absolute Gasteiger partial charge is 0.416 e. The highest BCUT2D eigenvalue weighted by atomic mass is 35.5. The summed E-state index contributed by atoms with van der Waals surface area (Å²) in [5.41, 5.74) is 0.652. The average molecular weight is 504 g/mol. The number of carbonyl (C=O) groups is 1. The topological polar surface area (TPSA) is 69.3 Å². The van der Waals surface area contributed by atoms with Crippen LogP contribution >= 0.6 is 24.2 Å².